The van der Waals surface area contributed by atoms with Crippen LogP contribution < -0.4 is 5.56 Å². The third-order valence-corrected chi connectivity index (χ3v) is 2.43. The monoisotopic (exact) mass is 254 g/mol. The van der Waals surface area contributed by atoms with Gasteiger partial charge in [-0.15, -0.1) is 0 Å². The maximum absolute atomic E-state index is 11.7. The van der Waals surface area contributed by atoms with Gasteiger partial charge in [0, 0.05) is 11.8 Å². The second kappa shape index (κ2) is 6.30. The molecule has 6 heteroatoms. The fraction of sp³-hybridized carbons (Fsp3) is 0.583. The second-order valence-corrected chi connectivity index (χ2v) is 4.06. The number of rotatable bonds is 5. The summed E-state index contributed by atoms with van der Waals surface area (Å²) in [6, 6.07) is 1.39. The molecule has 0 amide bonds. The van der Waals surface area contributed by atoms with Crippen LogP contribution in [-0.2, 0) is 16.1 Å². The SMILES string of the molecule is CCOC(=O)CC(O)Cn1c(C)nc(C)cc1=O. The Hall–Kier alpha value is -1.69. The fourth-order valence-corrected chi connectivity index (χ4v) is 1.67. The Bertz CT molecular complexity index is 481. The van der Waals surface area contributed by atoms with Crippen LogP contribution in [0, 0.1) is 13.8 Å². The Labute approximate surface area is 105 Å². The average molecular weight is 254 g/mol. The summed E-state index contributed by atoms with van der Waals surface area (Å²) < 4.78 is 6.07. The molecule has 0 radical (unpaired) electrons. The second-order valence-electron chi connectivity index (χ2n) is 4.06. The van der Waals surface area contributed by atoms with Gasteiger partial charge in [-0.05, 0) is 20.8 Å². The highest BCUT2D eigenvalue weighted by Gasteiger charge is 2.14. The van der Waals surface area contributed by atoms with Gasteiger partial charge in [0.05, 0.1) is 25.7 Å². The summed E-state index contributed by atoms with van der Waals surface area (Å²) in [5, 5.41) is 9.73. The van der Waals surface area contributed by atoms with E-state index in [4.69, 9.17) is 4.74 Å². The van der Waals surface area contributed by atoms with E-state index in [2.05, 4.69) is 4.98 Å². The van der Waals surface area contributed by atoms with Gasteiger partial charge in [-0.25, -0.2) is 4.98 Å². The largest absolute Gasteiger partial charge is 0.466 e. The van der Waals surface area contributed by atoms with Gasteiger partial charge >= 0.3 is 5.97 Å². The quantitative estimate of drug-likeness (QED) is 0.758. The number of hydrogen-bond donors (Lipinski definition) is 1. The van der Waals surface area contributed by atoms with Crippen molar-refractivity contribution in [1.29, 1.82) is 0 Å². The van der Waals surface area contributed by atoms with Crippen molar-refractivity contribution in [3.8, 4) is 0 Å². The summed E-state index contributed by atoms with van der Waals surface area (Å²) in [6.07, 6.45) is -1.09. The summed E-state index contributed by atoms with van der Waals surface area (Å²) >= 11 is 0. The average Bonchev–Trinajstić information content (AvgIpc) is 2.23. The molecule has 0 saturated carbocycles. The highest BCUT2D eigenvalue weighted by atomic mass is 16.5. The molecule has 1 unspecified atom stereocenters. The first-order valence-corrected chi connectivity index (χ1v) is 5.82. The molecule has 1 heterocycles. The van der Waals surface area contributed by atoms with Gasteiger partial charge in [0.1, 0.15) is 5.82 Å². The van der Waals surface area contributed by atoms with Crippen molar-refractivity contribution in [1.82, 2.24) is 9.55 Å². The Morgan fingerprint density at radius 2 is 2.22 bits per heavy atom. The number of ether oxygens (including phenoxy) is 1. The number of nitrogens with zero attached hydrogens (tertiary/aromatic N) is 2. The van der Waals surface area contributed by atoms with Gasteiger partial charge in [-0.2, -0.15) is 0 Å². The lowest BCUT2D eigenvalue weighted by Crippen LogP contribution is -2.30. The van der Waals surface area contributed by atoms with Crippen LogP contribution >= 0.6 is 0 Å². The number of aryl methyl sites for hydroxylation is 2. The van der Waals surface area contributed by atoms with E-state index in [1.54, 1.807) is 20.8 Å². The van der Waals surface area contributed by atoms with E-state index in [1.165, 1.54) is 10.6 Å². The topological polar surface area (TPSA) is 81.4 Å². The molecule has 1 aromatic rings. The Kier molecular flexibility index (Phi) is 5.03. The molecule has 1 rings (SSSR count). The molecule has 0 saturated heterocycles. The van der Waals surface area contributed by atoms with Crippen LogP contribution in [0.25, 0.3) is 0 Å². The summed E-state index contributed by atoms with van der Waals surface area (Å²) in [5.41, 5.74) is 0.400. The number of aromatic nitrogens is 2. The van der Waals surface area contributed by atoms with Crippen molar-refractivity contribution in [3.05, 3.63) is 27.9 Å². The molecular formula is C12H18N2O4. The summed E-state index contributed by atoms with van der Waals surface area (Å²) in [6.45, 7) is 5.43. The molecule has 1 atom stereocenters. The van der Waals surface area contributed by atoms with Crippen LogP contribution in [0.4, 0.5) is 0 Å². The first-order chi connectivity index (χ1) is 8.43. The maximum Gasteiger partial charge on any atom is 0.308 e. The smallest absolute Gasteiger partial charge is 0.308 e. The minimum absolute atomic E-state index is 0.0385. The van der Waals surface area contributed by atoms with Crippen molar-refractivity contribution in [2.75, 3.05) is 6.61 Å². The van der Waals surface area contributed by atoms with Crippen LogP contribution in [-0.4, -0.2) is 33.3 Å². The number of aliphatic hydroxyl groups excluding tert-OH is 1. The lowest BCUT2D eigenvalue weighted by molar-refractivity contribution is -0.145. The maximum atomic E-state index is 11.7. The Morgan fingerprint density at radius 3 is 2.78 bits per heavy atom. The van der Waals surface area contributed by atoms with Gasteiger partial charge in [0.15, 0.2) is 0 Å². The highest BCUT2D eigenvalue weighted by molar-refractivity contribution is 5.69. The van der Waals surface area contributed by atoms with Crippen LogP contribution in [0.3, 0.4) is 0 Å². The number of carbonyl (C=O) groups excluding carboxylic acids is 1. The van der Waals surface area contributed by atoms with Crippen molar-refractivity contribution in [3.63, 3.8) is 0 Å². The molecule has 0 bridgehead atoms. The molecule has 0 fully saturated rings. The molecule has 0 aliphatic carbocycles. The van der Waals surface area contributed by atoms with Gasteiger partial charge in [-0.1, -0.05) is 0 Å². The summed E-state index contributed by atoms with van der Waals surface area (Å²) in [5.74, 6) is 0.0404. The van der Waals surface area contributed by atoms with Crippen LogP contribution in [0.15, 0.2) is 10.9 Å². The van der Waals surface area contributed by atoms with E-state index >= 15 is 0 Å². The van der Waals surface area contributed by atoms with Gasteiger partial charge in [0.2, 0.25) is 0 Å². The van der Waals surface area contributed by atoms with E-state index in [0.29, 0.717) is 11.5 Å². The molecule has 0 spiro atoms. The van der Waals surface area contributed by atoms with Gasteiger partial charge in [0.25, 0.3) is 5.56 Å². The molecule has 0 aliphatic heterocycles. The molecular weight excluding hydrogens is 236 g/mol. The van der Waals surface area contributed by atoms with Crippen molar-refractivity contribution >= 4 is 5.97 Å². The Balaban J connectivity index is 2.73. The standard InChI is InChI=1S/C12H18N2O4/c1-4-18-12(17)6-10(15)7-14-9(3)13-8(2)5-11(14)16/h5,10,15H,4,6-7H2,1-3H3. The fourth-order valence-electron chi connectivity index (χ4n) is 1.67. The van der Waals surface area contributed by atoms with E-state index < -0.39 is 12.1 Å². The van der Waals surface area contributed by atoms with Crippen molar-refractivity contribution in [2.24, 2.45) is 0 Å². The summed E-state index contributed by atoms with van der Waals surface area (Å²) in [7, 11) is 0. The third-order valence-electron chi connectivity index (χ3n) is 2.43. The first-order valence-electron chi connectivity index (χ1n) is 5.82. The zero-order chi connectivity index (χ0) is 13.7. The number of hydrogen-bond acceptors (Lipinski definition) is 5. The van der Waals surface area contributed by atoms with Crippen molar-refractivity contribution < 1.29 is 14.6 Å². The van der Waals surface area contributed by atoms with Gasteiger partial charge in [-0.3, -0.25) is 14.2 Å². The molecule has 6 nitrogen and oxygen atoms in total. The molecule has 0 aliphatic rings. The zero-order valence-electron chi connectivity index (χ0n) is 10.8. The predicted molar refractivity (Wildman–Crippen MR) is 65.2 cm³/mol. The molecule has 0 aromatic carbocycles. The number of carbonyl (C=O) groups is 1. The Morgan fingerprint density at radius 1 is 1.56 bits per heavy atom. The minimum Gasteiger partial charge on any atom is -0.466 e. The normalized spacial score (nSPS) is 12.2. The molecule has 1 N–H and O–H groups in total. The lowest BCUT2D eigenvalue weighted by atomic mass is 10.2. The van der Waals surface area contributed by atoms with Crippen molar-refractivity contribution in [2.45, 2.75) is 39.8 Å². The lowest BCUT2D eigenvalue weighted by Gasteiger charge is -2.14. The minimum atomic E-state index is -0.954. The van der Waals surface area contributed by atoms with E-state index in [0.717, 1.165) is 0 Å². The predicted octanol–water partition coefficient (Wildman–Crippen LogP) is 0.174. The first kappa shape index (κ1) is 14.4. The van der Waals surface area contributed by atoms with Crippen LogP contribution in [0.2, 0.25) is 0 Å². The molecule has 18 heavy (non-hydrogen) atoms. The van der Waals surface area contributed by atoms with Gasteiger partial charge < -0.3 is 9.84 Å². The van der Waals surface area contributed by atoms with E-state index in [9.17, 15) is 14.7 Å². The number of aliphatic hydroxyl groups is 1. The highest BCUT2D eigenvalue weighted by Crippen LogP contribution is 2.00. The zero-order valence-corrected chi connectivity index (χ0v) is 10.8. The van der Waals surface area contributed by atoms with E-state index in [1.807, 2.05) is 0 Å². The van der Waals surface area contributed by atoms with Crippen LogP contribution in [0.5, 0.6) is 0 Å². The van der Waals surface area contributed by atoms with Crippen LogP contribution in [0.1, 0.15) is 24.9 Å². The van der Waals surface area contributed by atoms with E-state index in [-0.39, 0.29) is 25.1 Å². The third kappa shape index (κ3) is 3.96. The number of esters is 1. The molecule has 100 valence electrons. The molecule has 1 aromatic heterocycles. The summed E-state index contributed by atoms with van der Waals surface area (Å²) in [4.78, 5) is 27.0.